The number of hydrogen-bond acceptors (Lipinski definition) is 3. The van der Waals surface area contributed by atoms with Crippen LogP contribution in [-0.4, -0.2) is 36.0 Å². The summed E-state index contributed by atoms with van der Waals surface area (Å²) < 4.78 is 5.73. The van der Waals surface area contributed by atoms with Crippen LogP contribution < -0.4 is 5.32 Å². The summed E-state index contributed by atoms with van der Waals surface area (Å²) in [7, 11) is 0. The number of ether oxygens (including phenoxy) is 1. The standard InChI is InChI=1S/C14H29NO2/c1-10-6-12(7-11(2)17-10)15-13(9-16)8-14(3,4)5/h10-13,15-16H,6-9H2,1-5H3. The molecule has 3 atom stereocenters. The van der Waals surface area contributed by atoms with Crippen LogP contribution in [-0.2, 0) is 4.74 Å². The average molecular weight is 243 g/mol. The second-order valence-electron chi connectivity index (χ2n) is 6.74. The summed E-state index contributed by atoms with van der Waals surface area (Å²) in [6.07, 6.45) is 3.75. The Hall–Kier alpha value is -0.120. The molecule has 0 aromatic heterocycles. The normalized spacial score (nSPS) is 32.5. The molecule has 1 aliphatic rings. The molecule has 2 N–H and O–H groups in total. The van der Waals surface area contributed by atoms with Gasteiger partial charge in [-0.3, -0.25) is 0 Å². The molecule has 0 aromatic carbocycles. The zero-order chi connectivity index (χ0) is 13.1. The maximum Gasteiger partial charge on any atom is 0.0584 e. The molecule has 102 valence electrons. The Bertz CT molecular complexity index is 215. The molecule has 17 heavy (non-hydrogen) atoms. The number of aliphatic hydroxyl groups excluding tert-OH is 1. The fourth-order valence-electron chi connectivity index (χ4n) is 2.79. The third-order valence-electron chi connectivity index (χ3n) is 3.25. The van der Waals surface area contributed by atoms with Crippen LogP contribution in [0.1, 0.15) is 53.9 Å². The van der Waals surface area contributed by atoms with Crippen LogP contribution in [0.2, 0.25) is 0 Å². The van der Waals surface area contributed by atoms with Crippen molar-refractivity contribution < 1.29 is 9.84 Å². The topological polar surface area (TPSA) is 41.5 Å². The van der Waals surface area contributed by atoms with Gasteiger partial charge in [0.25, 0.3) is 0 Å². The van der Waals surface area contributed by atoms with Gasteiger partial charge in [-0.05, 0) is 38.5 Å². The summed E-state index contributed by atoms with van der Waals surface area (Å²) in [4.78, 5) is 0. The van der Waals surface area contributed by atoms with Gasteiger partial charge in [0.05, 0.1) is 18.8 Å². The zero-order valence-electron chi connectivity index (χ0n) is 12.0. The lowest BCUT2D eigenvalue weighted by Gasteiger charge is -2.36. The van der Waals surface area contributed by atoms with Crippen molar-refractivity contribution in [2.24, 2.45) is 5.41 Å². The molecule has 0 amide bonds. The lowest BCUT2D eigenvalue weighted by atomic mass is 9.87. The van der Waals surface area contributed by atoms with Gasteiger partial charge in [-0.25, -0.2) is 0 Å². The minimum atomic E-state index is 0.206. The van der Waals surface area contributed by atoms with Gasteiger partial charge in [0.15, 0.2) is 0 Å². The second-order valence-corrected chi connectivity index (χ2v) is 6.74. The molecule has 0 aromatic rings. The maximum atomic E-state index is 9.46. The molecule has 1 saturated heterocycles. The molecular weight excluding hydrogens is 214 g/mol. The number of rotatable bonds is 4. The van der Waals surface area contributed by atoms with E-state index in [0.717, 1.165) is 19.3 Å². The summed E-state index contributed by atoms with van der Waals surface area (Å²) in [5, 5.41) is 13.1. The Kier molecular flexibility index (Phi) is 5.42. The maximum absolute atomic E-state index is 9.46. The molecule has 0 radical (unpaired) electrons. The fourth-order valence-corrected chi connectivity index (χ4v) is 2.79. The van der Waals surface area contributed by atoms with E-state index in [2.05, 4.69) is 39.9 Å². The predicted octanol–water partition coefficient (Wildman–Crippen LogP) is 2.33. The highest BCUT2D eigenvalue weighted by atomic mass is 16.5. The highest BCUT2D eigenvalue weighted by Gasteiger charge is 2.27. The third-order valence-corrected chi connectivity index (χ3v) is 3.25. The molecule has 3 unspecified atom stereocenters. The molecule has 0 bridgehead atoms. The Morgan fingerprint density at radius 3 is 2.18 bits per heavy atom. The fraction of sp³-hybridized carbons (Fsp3) is 1.00. The zero-order valence-corrected chi connectivity index (χ0v) is 12.0. The molecule has 1 aliphatic heterocycles. The van der Waals surface area contributed by atoms with E-state index < -0.39 is 0 Å². The van der Waals surface area contributed by atoms with E-state index in [1.165, 1.54) is 0 Å². The predicted molar refractivity (Wildman–Crippen MR) is 71.1 cm³/mol. The van der Waals surface area contributed by atoms with Gasteiger partial charge in [0.2, 0.25) is 0 Å². The quantitative estimate of drug-likeness (QED) is 0.796. The first kappa shape index (κ1) is 14.9. The lowest BCUT2D eigenvalue weighted by Crippen LogP contribution is -2.48. The van der Waals surface area contributed by atoms with Crippen molar-refractivity contribution in [2.45, 2.75) is 78.2 Å². The Balaban J connectivity index is 2.44. The van der Waals surface area contributed by atoms with E-state index in [1.807, 2.05) is 0 Å². The Labute approximate surface area is 106 Å². The lowest BCUT2D eigenvalue weighted by molar-refractivity contribution is -0.0451. The highest BCUT2D eigenvalue weighted by molar-refractivity contribution is 4.83. The van der Waals surface area contributed by atoms with E-state index in [1.54, 1.807) is 0 Å². The Morgan fingerprint density at radius 2 is 1.76 bits per heavy atom. The van der Waals surface area contributed by atoms with Crippen LogP contribution in [0.5, 0.6) is 0 Å². The summed E-state index contributed by atoms with van der Waals surface area (Å²) in [5.41, 5.74) is 0.253. The largest absolute Gasteiger partial charge is 0.395 e. The van der Waals surface area contributed by atoms with E-state index >= 15 is 0 Å². The van der Waals surface area contributed by atoms with Gasteiger partial charge in [-0.2, -0.15) is 0 Å². The summed E-state index contributed by atoms with van der Waals surface area (Å²) in [6, 6.07) is 0.686. The summed E-state index contributed by atoms with van der Waals surface area (Å²) in [6.45, 7) is 11.1. The first-order valence-corrected chi connectivity index (χ1v) is 6.82. The van der Waals surface area contributed by atoms with Gasteiger partial charge in [0.1, 0.15) is 0 Å². The molecule has 0 saturated carbocycles. The number of nitrogens with one attached hydrogen (secondary N) is 1. The second kappa shape index (κ2) is 6.17. The smallest absolute Gasteiger partial charge is 0.0584 e. The molecule has 3 nitrogen and oxygen atoms in total. The van der Waals surface area contributed by atoms with Crippen LogP contribution in [0.15, 0.2) is 0 Å². The molecule has 1 rings (SSSR count). The highest BCUT2D eigenvalue weighted by Crippen LogP contribution is 2.23. The van der Waals surface area contributed by atoms with Crippen molar-refractivity contribution >= 4 is 0 Å². The van der Waals surface area contributed by atoms with Gasteiger partial charge >= 0.3 is 0 Å². The average Bonchev–Trinajstić information content (AvgIpc) is 2.12. The van der Waals surface area contributed by atoms with Crippen molar-refractivity contribution in [3.8, 4) is 0 Å². The minimum absolute atomic E-state index is 0.206. The van der Waals surface area contributed by atoms with E-state index in [-0.39, 0.29) is 18.1 Å². The molecule has 1 fully saturated rings. The van der Waals surface area contributed by atoms with Crippen molar-refractivity contribution in [3.63, 3.8) is 0 Å². The van der Waals surface area contributed by atoms with Crippen molar-refractivity contribution in [1.82, 2.24) is 5.32 Å². The molecule has 0 aliphatic carbocycles. The molecule has 1 heterocycles. The third kappa shape index (κ3) is 5.84. The summed E-state index contributed by atoms with van der Waals surface area (Å²) in [5.74, 6) is 0. The van der Waals surface area contributed by atoms with Crippen LogP contribution in [0.4, 0.5) is 0 Å². The van der Waals surface area contributed by atoms with Crippen molar-refractivity contribution in [2.75, 3.05) is 6.61 Å². The van der Waals surface area contributed by atoms with Crippen molar-refractivity contribution in [3.05, 3.63) is 0 Å². The number of aliphatic hydroxyl groups is 1. The summed E-state index contributed by atoms with van der Waals surface area (Å²) >= 11 is 0. The van der Waals surface area contributed by atoms with Gasteiger partial charge in [-0.1, -0.05) is 20.8 Å². The SMILES string of the molecule is CC1CC(NC(CO)CC(C)(C)C)CC(C)O1. The first-order chi connectivity index (χ1) is 7.80. The van der Waals surface area contributed by atoms with E-state index in [0.29, 0.717) is 18.2 Å². The van der Waals surface area contributed by atoms with Gasteiger partial charge in [-0.15, -0.1) is 0 Å². The molecule has 3 heteroatoms. The van der Waals surface area contributed by atoms with Crippen LogP contribution in [0.25, 0.3) is 0 Å². The van der Waals surface area contributed by atoms with Crippen LogP contribution in [0.3, 0.4) is 0 Å². The molecular formula is C14H29NO2. The van der Waals surface area contributed by atoms with Crippen molar-refractivity contribution in [1.29, 1.82) is 0 Å². The van der Waals surface area contributed by atoms with E-state index in [9.17, 15) is 5.11 Å². The number of hydrogen-bond donors (Lipinski definition) is 2. The van der Waals surface area contributed by atoms with Crippen LogP contribution >= 0.6 is 0 Å². The van der Waals surface area contributed by atoms with Gasteiger partial charge < -0.3 is 15.2 Å². The molecule has 0 spiro atoms. The van der Waals surface area contributed by atoms with E-state index in [4.69, 9.17) is 4.74 Å². The Morgan fingerprint density at radius 1 is 1.24 bits per heavy atom. The first-order valence-electron chi connectivity index (χ1n) is 6.82. The van der Waals surface area contributed by atoms with Gasteiger partial charge in [0, 0.05) is 12.1 Å². The van der Waals surface area contributed by atoms with Crippen LogP contribution in [0, 0.1) is 5.41 Å². The monoisotopic (exact) mass is 243 g/mol. The minimum Gasteiger partial charge on any atom is -0.395 e.